The van der Waals surface area contributed by atoms with Crippen LogP contribution in [0.3, 0.4) is 0 Å². The third-order valence-corrected chi connectivity index (χ3v) is 14.0. The molecule has 0 saturated heterocycles. The van der Waals surface area contributed by atoms with Crippen molar-refractivity contribution in [2.45, 2.75) is 264 Å². The molecule has 1 atom stereocenters. The molecule has 0 aromatic heterocycles. The molecule has 1 N–H and O–H groups in total. The van der Waals surface area contributed by atoms with E-state index in [0.29, 0.717) is 12.8 Å². The second-order valence-electron chi connectivity index (χ2n) is 22.1. The van der Waals surface area contributed by atoms with Gasteiger partial charge in [-0.1, -0.05) is 315 Å². The van der Waals surface area contributed by atoms with Gasteiger partial charge in [0, 0.05) is 12.8 Å². The van der Waals surface area contributed by atoms with E-state index in [2.05, 4.69) is 245 Å². The maximum atomic E-state index is 12.4. The second-order valence-corrected chi connectivity index (χ2v) is 22.1. The van der Waals surface area contributed by atoms with Crippen LogP contribution in [0.2, 0.25) is 0 Å². The van der Waals surface area contributed by atoms with E-state index in [1.54, 1.807) is 0 Å². The van der Waals surface area contributed by atoms with E-state index < -0.39 is 6.10 Å². The molecule has 0 aromatic rings. The molecule has 5 heteroatoms. The number of hydrogen-bond acceptors (Lipinski definition) is 5. The Labute approximate surface area is 541 Å². The molecule has 488 valence electrons. The van der Waals surface area contributed by atoms with Gasteiger partial charge in [-0.05, 0) is 161 Å². The van der Waals surface area contributed by atoms with Gasteiger partial charge >= 0.3 is 11.9 Å². The number of ether oxygens (including phenoxy) is 2. The molecular formula is C83H126O5. The summed E-state index contributed by atoms with van der Waals surface area (Å²) in [6.07, 6.45) is 123. The normalized spacial score (nSPS) is 13.7. The number of unbranched alkanes of at least 4 members (excludes halogenated alkanes) is 15. The number of hydrogen-bond donors (Lipinski definition) is 1. The van der Waals surface area contributed by atoms with E-state index in [4.69, 9.17) is 9.47 Å². The molecule has 0 aliphatic rings. The first-order valence-corrected chi connectivity index (χ1v) is 34.9. The van der Waals surface area contributed by atoms with E-state index in [1.807, 2.05) is 0 Å². The fourth-order valence-corrected chi connectivity index (χ4v) is 8.81. The summed E-state index contributed by atoms with van der Waals surface area (Å²) in [6, 6.07) is 0. The van der Waals surface area contributed by atoms with Crippen LogP contribution < -0.4 is 0 Å². The van der Waals surface area contributed by atoms with Crippen molar-refractivity contribution >= 4 is 11.9 Å². The Balaban J connectivity index is 3.65. The molecule has 0 spiro atoms. The number of carbonyl (C=O) groups excluding carboxylic acids is 2. The van der Waals surface area contributed by atoms with Crippen molar-refractivity contribution < 1.29 is 24.2 Å². The molecule has 0 saturated carbocycles. The average molecular weight is 1200 g/mol. The SMILES string of the molecule is CC/C=C\C/C=C\C/C=C\C/C=C\C/C=C\C/C=C\C/C=C\C/C=C\C/C=C\C/C=C\C/C=C\CCCCCCCCCC(=O)OC(CO)COC(=O)CCCCCCCCCC/C=C\C/C=C\C/C=C\C/C=C\C/C=C\C/C=C\C/C=C\C/C=C\CC. The standard InChI is InChI=1S/C83H126O5/c1-3-5-7-9-11-13-15-17-19-21-23-25-27-29-31-33-35-37-38-39-40-41-42-43-44-46-48-50-52-54-56-58-60-62-64-66-68-70-72-74-76-78-83(86)88-81(79-84)80-87-82(85)77-75-73-71-69-67-65-63-61-59-57-55-53-51-49-47-45-36-34-32-30-28-26-24-22-20-18-16-14-12-10-8-6-4-2/h5-8,11-14,17-20,23-26,29-32,35-37,39-40,42-43,45-46,48-49,51-52,54-55,57-58,60,81,84H,3-4,9-10,15-16,21-22,27-28,33-34,38,41,44,47,50,53,56,59,61-80H2,1-2H3/b7-5-,8-6-,13-11-,14-12-,19-17-,20-18-,25-23-,26-24-,31-29-,32-30-,37-35-,40-39-,43-42-,45-36-,48-46-,51-49-,54-52-,57-55-,60-58-. The Morgan fingerprint density at radius 2 is 0.455 bits per heavy atom. The molecule has 0 aliphatic heterocycles. The van der Waals surface area contributed by atoms with Crippen LogP contribution in [0.15, 0.2) is 231 Å². The van der Waals surface area contributed by atoms with Crippen molar-refractivity contribution in [1.29, 1.82) is 0 Å². The summed E-state index contributed by atoms with van der Waals surface area (Å²) in [7, 11) is 0. The lowest BCUT2D eigenvalue weighted by Crippen LogP contribution is -2.28. The number of esters is 2. The predicted molar refractivity (Wildman–Crippen MR) is 388 cm³/mol. The fraction of sp³-hybridized carbons (Fsp3) is 0.518. The van der Waals surface area contributed by atoms with Gasteiger partial charge in [0.2, 0.25) is 0 Å². The Bertz CT molecular complexity index is 2150. The van der Waals surface area contributed by atoms with E-state index in [9.17, 15) is 14.7 Å². The monoisotopic (exact) mass is 1200 g/mol. The minimum absolute atomic E-state index is 0.0899. The van der Waals surface area contributed by atoms with Crippen LogP contribution in [0, 0.1) is 0 Å². The number of aliphatic hydroxyl groups is 1. The minimum Gasteiger partial charge on any atom is -0.462 e. The van der Waals surface area contributed by atoms with Gasteiger partial charge in [-0.15, -0.1) is 0 Å². The van der Waals surface area contributed by atoms with Gasteiger partial charge in [0.15, 0.2) is 6.10 Å². The average Bonchev–Trinajstić information content (AvgIpc) is 3.56. The molecule has 0 bridgehead atoms. The van der Waals surface area contributed by atoms with Crippen molar-refractivity contribution in [2.75, 3.05) is 13.2 Å². The lowest BCUT2D eigenvalue weighted by atomic mass is 10.1. The molecule has 0 radical (unpaired) electrons. The molecule has 0 amide bonds. The summed E-state index contributed by atoms with van der Waals surface area (Å²) in [5.41, 5.74) is 0. The Morgan fingerprint density at radius 3 is 0.682 bits per heavy atom. The largest absolute Gasteiger partial charge is 0.462 e. The highest BCUT2D eigenvalue weighted by Gasteiger charge is 2.16. The first-order valence-electron chi connectivity index (χ1n) is 34.9. The van der Waals surface area contributed by atoms with E-state index in [-0.39, 0.29) is 25.2 Å². The molecule has 5 nitrogen and oxygen atoms in total. The summed E-state index contributed by atoms with van der Waals surface area (Å²) in [5, 5.41) is 9.70. The van der Waals surface area contributed by atoms with E-state index in [1.165, 1.54) is 57.8 Å². The van der Waals surface area contributed by atoms with Crippen LogP contribution in [0.25, 0.3) is 0 Å². The van der Waals surface area contributed by atoms with Gasteiger partial charge in [0.25, 0.3) is 0 Å². The summed E-state index contributed by atoms with van der Waals surface area (Å²) in [5.74, 6) is -0.629. The summed E-state index contributed by atoms with van der Waals surface area (Å²) < 4.78 is 10.7. The minimum atomic E-state index is -0.802. The van der Waals surface area contributed by atoms with Gasteiger partial charge in [0.1, 0.15) is 6.61 Å². The highest BCUT2D eigenvalue weighted by atomic mass is 16.6. The van der Waals surface area contributed by atoms with Gasteiger partial charge < -0.3 is 14.6 Å². The zero-order valence-corrected chi connectivity index (χ0v) is 55.9. The van der Waals surface area contributed by atoms with Crippen molar-refractivity contribution in [1.82, 2.24) is 0 Å². The second kappa shape index (κ2) is 75.2. The Kier molecular flexibility index (Phi) is 70.0. The summed E-state index contributed by atoms with van der Waals surface area (Å²) >= 11 is 0. The number of allylic oxidation sites excluding steroid dienone is 38. The lowest BCUT2D eigenvalue weighted by Gasteiger charge is -2.15. The van der Waals surface area contributed by atoms with Crippen LogP contribution in [-0.2, 0) is 19.1 Å². The number of rotatable bonds is 61. The van der Waals surface area contributed by atoms with Crippen molar-refractivity contribution in [3.63, 3.8) is 0 Å². The van der Waals surface area contributed by atoms with Crippen LogP contribution in [0.1, 0.15) is 258 Å². The maximum absolute atomic E-state index is 12.4. The van der Waals surface area contributed by atoms with Crippen molar-refractivity contribution in [3.05, 3.63) is 231 Å². The highest BCUT2D eigenvalue weighted by Crippen LogP contribution is 2.14. The molecule has 0 fully saturated rings. The van der Waals surface area contributed by atoms with Crippen LogP contribution >= 0.6 is 0 Å². The summed E-state index contributed by atoms with van der Waals surface area (Å²) in [6.45, 7) is 3.88. The third kappa shape index (κ3) is 72.4. The van der Waals surface area contributed by atoms with Crippen molar-refractivity contribution in [2.24, 2.45) is 0 Å². The molecule has 0 aromatic carbocycles. The first kappa shape index (κ1) is 82.0. The molecule has 88 heavy (non-hydrogen) atoms. The topological polar surface area (TPSA) is 72.8 Å². The quantitative estimate of drug-likeness (QED) is 0.0373. The predicted octanol–water partition coefficient (Wildman–Crippen LogP) is 24.9. The van der Waals surface area contributed by atoms with E-state index in [0.717, 1.165) is 173 Å². The van der Waals surface area contributed by atoms with Crippen LogP contribution in [0.4, 0.5) is 0 Å². The number of carbonyl (C=O) groups is 2. The zero-order valence-electron chi connectivity index (χ0n) is 55.9. The summed E-state index contributed by atoms with van der Waals surface area (Å²) in [4.78, 5) is 24.7. The zero-order chi connectivity index (χ0) is 63.3. The molecule has 0 heterocycles. The van der Waals surface area contributed by atoms with Gasteiger partial charge in [-0.3, -0.25) is 9.59 Å². The Hall–Kier alpha value is -6.04. The fourth-order valence-electron chi connectivity index (χ4n) is 8.81. The van der Waals surface area contributed by atoms with Crippen molar-refractivity contribution in [3.8, 4) is 0 Å². The van der Waals surface area contributed by atoms with Gasteiger partial charge in [0.05, 0.1) is 6.61 Å². The van der Waals surface area contributed by atoms with Gasteiger partial charge in [-0.2, -0.15) is 0 Å². The Morgan fingerprint density at radius 1 is 0.261 bits per heavy atom. The number of aliphatic hydroxyl groups excluding tert-OH is 1. The first-order chi connectivity index (χ1) is 43.6. The van der Waals surface area contributed by atoms with E-state index >= 15 is 0 Å². The van der Waals surface area contributed by atoms with Gasteiger partial charge in [-0.25, -0.2) is 0 Å². The third-order valence-electron chi connectivity index (χ3n) is 14.0. The maximum Gasteiger partial charge on any atom is 0.306 e. The molecular weight excluding hydrogens is 1080 g/mol. The van der Waals surface area contributed by atoms with Crippen LogP contribution in [-0.4, -0.2) is 36.4 Å². The molecule has 0 aliphatic carbocycles. The van der Waals surface area contributed by atoms with Crippen LogP contribution in [0.5, 0.6) is 0 Å². The molecule has 1 unspecified atom stereocenters. The smallest absolute Gasteiger partial charge is 0.306 e. The lowest BCUT2D eigenvalue weighted by molar-refractivity contribution is -0.161. The molecule has 0 rings (SSSR count). The highest BCUT2D eigenvalue weighted by molar-refractivity contribution is 5.70.